The fourth-order valence-corrected chi connectivity index (χ4v) is 2.04. The maximum Gasteiger partial charge on any atom is 0.529 e. The summed E-state index contributed by atoms with van der Waals surface area (Å²) in [4.78, 5) is 10.9. The van der Waals surface area contributed by atoms with Gasteiger partial charge < -0.3 is 4.52 Å². The zero-order valence-corrected chi connectivity index (χ0v) is 11.8. The van der Waals surface area contributed by atoms with Crippen molar-refractivity contribution in [3.05, 3.63) is 29.3 Å². The molecule has 6 heteroatoms. The molecule has 0 saturated carbocycles. The van der Waals surface area contributed by atoms with Crippen LogP contribution in [-0.2, 0) is 13.6 Å². The predicted octanol–water partition coefficient (Wildman–Crippen LogP) is 3.40. The van der Waals surface area contributed by atoms with Gasteiger partial charge in [0.15, 0.2) is 0 Å². The van der Waals surface area contributed by atoms with E-state index in [9.17, 15) is 9.36 Å². The monoisotopic (exact) mass is 272 g/mol. The zero-order valence-electron chi connectivity index (χ0n) is 10.9. The first-order valence-corrected chi connectivity index (χ1v) is 6.91. The Morgan fingerprint density at radius 2 is 1.78 bits per heavy atom. The minimum atomic E-state index is -3.60. The molecule has 0 spiro atoms. The van der Waals surface area contributed by atoms with E-state index in [4.69, 9.17) is 4.52 Å². The van der Waals surface area contributed by atoms with Crippen molar-refractivity contribution < 1.29 is 22.9 Å². The molecule has 0 fully saturated rings. The molecule has 1 rings (SSSR count). The average Bonchev–Trinajstić information content (AvgIpc) is 2.38. The van der Waals surface area contributed by atoms with Crippen LogP contribution >= 0.6 is 7.82 Å². The van der Waals surface area contributed by atoms with Gasteiger partial charge in [-0.1, -0.05) is 13.8 Å². The van der Waals surface area contributed by atoms with Crippen molar-refractivity contribution in [2.24, 2.45) is 0 Å². The summed E-state index contributed by atoms with van der Waals surface area (Å²) in [6.07, 6.45) is 0.712. The van der Waals surface area contributed by atoms with E-state index in [-0.39, 0.29) is 11.7 Å². The van der Waals surface area contributed by atoms with Gasteiger partial charge in [-0.15, -0.1) is 0 Å². The van der Waals surface area contributed by atoms with Crippen LogP contribution in [-0.4, -0.2) is 20.5 Å². The van der Waals surface area contributed by atoms with E-state index in [1.165, 1.54) is 20.3 Å². The van der Waals surface area contributed by atoms with E-state index < -0.39 is 7.82 Å². The Kier molecular flexibility index (Phi) is 5.08. The summed E-state index contributed by atoms with van der Waals surface area (Å²) in [5.74, 6) is 0.507. The fourth-order valence-electron chi connectivity index (χ4n) is 1.38. The highest BCUT2D eigenvalue weighted by molar-refractivity contribution is 7.48. The SMILES string of the molecule is COP(=O)(OC)Oc1cc(C=O)cc(C(C)C)c1. The molecule has 0 saturated heterocycles. The van der Waals surface area contributed by atoms with Crippen LogP contribution in [0.1, 0.15) is 35.7 Å². The highest BCUT2D eigenvalue weighted by atomic mass is 31.2. The lowest BCUT2D eigenvalue weighted by atomic mass is 10.0. The van der Waals surface area contributed by atoms with Gasteiger partial charge in [-0.3, -0.25) is 13.8 Å². The summed E-state index contributed by atoms with van der Waals surface area (Å²) in [7, 11) is -1.13. The number of benzene rings is 1. The lowest BCUT2D eigenvalue weighted by Gasteiger charge is -2.16. The minimum absolute atomic E-state index is 0.219. The molecule has 100 valence electrons. The number of carbonyl (C=O) groups excluding carboxylic acids is 1. The molecular weight excluding hydrogens is 255 g/mol. The summed E-state index contributed by atoms with van der Waals surface area (Å²) in [6, 6.07) is 4.96. The number of hydrogen-bond donors (Lipinski definition) is 0. The van der Waals surface area contributed by atoms with E-state index in [0.717, 1.165) is 5.56 Å². The highest BCUT2D eigenvalue weighted by Gasteiger charge is 2.25. The van der Waals surface area contributed by atoms with Crippen LogP contribution in [0.25, 0.3) is 0 Å². The molecule has 0 aromatic heterocycles. The molecule has 18 heavy (non-hydrogen) atoms. The Balaban J connectivity index is 3.12. The molecule has 1 aromatic rings. The highest BCUT2D eigenvalue weighted by Crippen LogP contribution is 2.48. The second kappa shape index (κ2) is 6.14. The van der Waals surface area contributed by atoms with Gasteiger partial charge in [0.05, 0.1) is 0 Å². The lowest BCUT2D eigenvalue weighted by Crippen LogP contribution is -1.99. The average molecular weight is 272 g/mol. The number of rotatable bonds is 6. The van der Waals surface area contributed by atoms with Crippen molar-refractivity contribution >= 4 is 14.1 Å². The zero-order chi connectivity index (χ0) is 13.8. The molecule has 5 nitrogen and oxygen atoms in total. The molecule has 0 heterocycles. The van der Waals surface area contributed by atoms with Gasteiger partial charge in [0, 0.05) is 19.8 Å². The van der Waals surface area contributed by atoms with Gasteiger partial charge in [0.1, 0.15) is 12.0 Å². The van der Waals surface area contributed by atoms with Gasteiger partial charge in [0.2, 0.25) is 0 Å². The Bertz CT molecular complexity index is 462. The Morgan fingerprint density at radius 1 is 1.17 bits per heavy atom. The van der Waals surface area contributed by atoms with Gasteiger partial charge >= 0.3 is 7.82 Å². The number of carbonyl (C=O) groups is 1. The summed E-state index contributed by atoms with van der Waals surface area (Å²) < 4.78 is 26.4. The van der Waals surface area contributed by atoms with E-state index >= 15 is 0 Å². The third kappa shape index (κ3) is 3.67. The van der Waals surface area contributed by atoms with E-state index in [1.807, 2.05) is 13.8 Å². The second-order valence-electron chi connectivity index (χ2n) is 4.01. The van der Waals surface area contributed by atoms with Gasteiger partial charge in [0.25, 0.3) is 0 Å². The van der Waals surface area contributed by atoms with Crippen LogP contribution in [0.5, 0.6) is 5.75 Å². The van der Waals surface area contributed by atoms with Gasteiger partial charge in [-0.2, -0.15) is 0 Å². The van der Waals surface area contributed by atoms with Crippen molar-refractivity contribution in [3.8, 4) is 5.75 Å². The molecule has 0 aliphatic rings. The van der Waals surface area contributed by atoms with Crippen molar-refractivity contribution in [1.82, 2.24) is 0 Å². The molecule has 1 aromatic carbocycles. The van der Waals surface area contributed by atoms with E-state index in [1.54, 1.807) is 12.1 Å². The number of phosphoric ester groups is 1. The van der Waals surface area contributed by atoms with Crippen LogP contribution in [0.4, 0.5) is 0 Å². The number of hydrogen-bond acceptors (Lipinski definition) is 5. The molecule has 0 atom stereocenters. The van der Waals surface area contributed by atoms with Crippen LogP contribution in [0.3, 0.4) is 0 Å². The van der Waals surface area contributed by atoms with Crippen LogP contribution in [0, 0.1) is 0 Å². The summed E-state index contributed by atoms with van der Waals surface area (Å²) in [5.41, 5.74) is 1.36. The first kappa shape index (κ1) is 14.9. The smallest absolute Gasteiger partial charge is 0.404 e. The molecule has 0 N–H and O–H groups in total. The molecule has 0 aliphatic carbocycles. The third-order valence-electron chi connectivity index (χ3n) is 2.42. The molecule has 0 aliphatic heterocycles. The second-order valence-corrected chi connectivity index (χ2v) is 5.82. The van der Waals surface area contributed by atoms with Crippen LogP contribution in [0.2, 0.25) is 0 Å². The van der Waals surface area contributed by atoms with Gasteiger partial charge in [-0.05, 0) is 29.7 Å². The van der Waals surface area contributed by atoms with Crippen LogP contribution in [0.15, 0.2) is 18.2 Å². The fraction of sp³-hybridized carbons (Fsp3) is 0.417. The summed E-state index contributed by atoms with van der Waals surface area (Å²) in [6.45, 7) is 3.97. The molecule has 0 amide bonds. The standard InChI is InChI=1S/C12H17O5P/c1-9(2)11-5-10(8-13)6-12(7-11)17-18(14,15-3)16-4/h5-9H,1-4H3. The largest absolute Gasteiger partial charge is 0.529 e. The molecule has 0 unspecified atom stereocenters. The maximum atomic E-state index is 11.8. The molecule has 0 bridgehead atoms. The van der Waals surface area contributed by atoms with E-state index in [2.05, 4.69) is 9.05 Å². The van der Waals surface area contributed by atoms with Crippen molar-refractivity contribution in [2.75, 3.05) is 14.2 Å². The van der Waals surface area contributed by atoms with Crippen molar-refractivity contribution in [1.29, 1.82) is 0 Å². The predicted molar refractivity (Wildman–Crippen MR) is 68.2 cm³/mol. The quantitative estimate of drug-likeness (QED) is 0.586. The summed E-state index contributed by atoms with van der Waals surface area (Å²) >= 11 is 0. The Hall–Kier alpha value is -1.16. The number of phosphoric acid groups is 1. The Labute approximate surface area is 107 Å². The first-order chi connectivity index (χ1) is 8.44. The first-order valence-electron chi connectivity index (χ1n) is 5.45. The molecular formula is C12H17O5P. The molecule has 0 radical (unpaired) electrons. The van der Waals surface area contributed by atoms with E-state index in [0.29, 0.717) is 11.8 Å². The lowest BCUT2D eigenvalue weighted by molar-refractivity contribution is 0.112. The number of aldehydes is 1. The van der Waals surface area contributed by atoms with Gasteiger partial charge in [-0.25, -0.2) is 4.57 Å². The minimum Gasteiger partial charge on any atom is -0.404 e. The topological polar surface area (TPSA) is 61.8 Å². The maximum absolute atomic E-state index is 11.8. The summed E-state index contributed by atoms with van der Waals surface area (Å²) in [5, 5.41) is 0. The van der Waals surface area contributed by atoms with Crippen molar-refractivity contribution in [2.45, 2.75) is 19.8 Å². The normalized spacial score (nSPS) is 11.6. The third-order valence-corrected chi connectivity index (χ3v) is 3.75. The Morgan fingerprint density at radius 3 is 2.22 bits per heavy atom. The van der Waals surface area contributed by atoms with Crippen LogP contribution < -0.4 is 4.52 Å². The van der Waals surface area contributed by atoms with Crippen molar-refractivity contribution in [3.63, 3.8) is 0 Å².